The van der Waals surface area contributed by atoms with Crippen molar-refractivity contribution in [1.82, 2.24) is 0 Å². The molecule has 0 aromatic rings. The molecular weight excluding hydrogens is 167 g/mol. The molecule has 3 heteroatoms. The largest absolute Gasteiger partial charge is 0.521 e. The second-order valence-electron chi connectivity index (χ2n) is 3.03. The highest BCUT2D eigenvalue weighted by molar-refractivity contribution is 6.59. The van der Waals surface area contributed by atoms with E-state index in [0.717, 1.165) is 0 Å². The van der Waals surface area contributed by atoms with Gasteiger partial charge in [0.15, 0.2) is 0 Å². The van der Waals surface area contributed by atoms with E-state index in [4.69, 9.17) is 4.16 Å². The zero-order valence-corrected chi connectivity index (χ0v) is 10.7. The lowest BCUT2D eigenvalue weighted by atomic mass is 10.3. The molecule has 0 spiro atoms. The quantitative estimate of drug-likeness (QED) is 0.506. The lowest BCUT2D eigenvalue weighted by Crippen LogP contribution is -2.14. The summed E-state index contributed by atoms with van der Waals surface area (Å²) in [6.45, 7) is 3.79. The van der Waals surface area contributed by atoms with Crippen molar-refractivity contribution < 1.29 is 4.16 Å². The van der Waals surface area contributed by atoms with E-state index in [1.54, 1.807) is 12.1 Å². The molecule has 1 fully saturated rings. The van der Waals surface area contributed by atoms with E-state index in [-0.39, 0.29) is 8.80 Å². The first kappa shape index (κ1) is 11.4. The molecule has 0 aliphatic carbocycles. The van der Waals surface area contributed by atoms with Gasteiger partial charge in [-0.2, -0.15) is 0 Å². The SMILES string of the molecule is C=CC[SiH]1CCCCC1.[OH][AlH2]. The molecule has 1 nitrogen and oxygen atoms in total. The van der Waals surface area contributed by atoms with Crippen LogP contribution in [-0.4, -0.2) is 29.6 Å². The zero-order valence-electron chi connectivity index (χ0n) is 7.55. The molecule has 1 aliphatic rings. The lowest BCUT2D eigenvalue weighted by Gasteiger charge is -2.17. The summed E-state index contributed by atoms with van der Waals surface area (Å²) in [6, 6.07) is 4.57. The number of allylic oxidation sites excluding steroid dienone is 1. The second kappa shape index (κ2) is 8.55. The van der Waals surface area contributed by atoms with E-state index in [0.29, 0.717) is 16.6 Å². The van der Waals surface area contributed by atoms with Crippen molar-refractivity contribution in [3.05, 3.63) is 12.7 Å². The molecule has 0 atom stereocenters. The van der Waals surface area contributed by atoms with E-state index in [2.05, 4.69) is 12.7 Å². The fraction of sp³-hybridized carbons (Fsp3) is 0.750. The van der Waals surface area contributed by atoms with E-state index < -0.39 is 0 Å². The normalized spacial score (nSPS) is 18.3. The molecule has 1 saturated heterocycles. The Morgan fingerprint density at radius 2 is 1.82 bits per heavy atom. The van der Waals surface area contributed by atoms with Crippen molar-refractivity contribution >= 4 is 25.4 Å². The molecular formula is C8H19AlOSi. The summed E-state index contributed by atoms with van der Waals surface area (Å²) in [5.41, 5.74) is 0. The summed E-state index contributed by atoms with van der Waals surface area (Å²) in [6.07, 6.45) is 6.66. The van der Waals surface area contributed by atoms with Crippen LogP contribution in [0.5, 0.6) is 0 Å². The Hall–Kier alpha value is 0.449. The van der Waals surface area contributed by atoms with Crippen molar-refractivity contribution in [3.8, 4) is 0 Å². The Balaban J connectivity index is 0.000000461. The molecule has 1 heterocycles. The van der Waals surface area contributed by atoms with Crippen LogP contribution in [0.3, 0.4) is 0 Å². The summed E-state index contributed by atoms with van der Waals surface area (Å²) < 4.78 is 7.14. The smallest absolute Gasteiger partial charge is 0.407 e. The fourth-order valence-corrected chi connectivity index (χ4v) is 4.62. The van der Waals surface area contributed by atoms with Gasteiger partial charge in [-0.05, 0) is 6.04 Å². The van der Waals surface area contributed by atoms with E-state index in [9.17, 15) is 0 Å². The molecule has 1 N–H and O–H groups in total. The van der Waals surface area contributed by atoms with Crippen LogP contribution in [-0.2, 0) is 0 Å². The molecule has 1 aliphatic heterocycles. The Morgan fingerprint density at radius 1 is 1.27 bits per heavy atom. The molecule has 0 radical (unpaired) electrons. The average molecular weight is 186 g/mol. The van der Waals surface area contributed by atoms with Gasteiger partial charge in [-0.1, -0.05) is 37.4 Å². The second-order valence-corrected chi connectivity index (χ2v) is 6.39. The Kier molecular flexibility index (Phi) is 8.89. The number of hydrogen-bond acceptors (Lipinski definition) is 1. The van der Waals surface area contributed by atoms with Gasteiger partial charge in [0.25, 0.3) is 0 Å². The third-order valence-corrected chi connectivity index (χ3v) is 5.67. The minimum absolute atomic E-state index is 0.244. The minimum Gasteiger partial charge on any atom is -0.521 e. The third kappa shape index (κ3) is 5.69. The summed E-state index contributed by atoms with van der Waals surface area (Å²) in [4.78, 5) is 0. The predicted molar refractivity (Wildman–Crippen MR) is 56.4 cm³/mol. The van der Waals surface area contributed by atoms with Gasteiger partial charge in [-0.15, -0.1) is 6.58 Å². The average Bonchev–Trinajstić information content (AvgIpc) is 2.11. The van der Waals surface area contributed by atoms with Gasteiger partial charge in [-0.3, -0.25) is 0 Å². The molecule has 11 heavy (non-hydrogen) atoms. The zero-order chi connectivity index (χ0) is 8.53. The topological polar surface area (TPSA) is 20.2 Å². The van der Waals surface area contributed by atoms with Crippen molar-refractivity contribution in [3.63, 3.8) is 0 Å². The van der Waals surface area contributed by atoms with Crippen molar-refractivity contribution in [2.24, 2.45) is 0 Å². The highest BCUT2D eigenvalue weighted by Crippen LogP contribution is 2.21. The number of rotatable bonds is 2. The van der Waals surface area contributed by atoms with Crippen LogP contribution in [0.4, 0.5) is 0 Å². The molecule has 64 valence electrons. The summed E-state index contributed by atoms with van der Waals surface area (Å²) >= 11 is 0.306. The summed E-state index contributed by atoms with van der Waals surface area (Å²) in [7, 11) is -0.244. The van der Waals surface area contributed by atoms with Gasteiger partial charge in [0, 0.05) is 8.80 Å². The molecule has 0 unspecified atom stereocenters. The van der Waals surface area contributed by atoms with Gasteiger partial charge in [0.1, 0.15) is 0 Å². The maximum atomic E-state index is 7.14. The van der Waals surface area contributed by atoms with Gasteiger partial charge >= 0.3 is 16.6 Å². The van der Waals surface area contributed by atoms with Crippen LogP contribution in [0.25, 0.3) is 0 Å². The molecule has 0 saturated carbocycles. The maximum Gasteiger partial charge on any atom is 0.407 e. The Bertz CT molecular complexity index is 92.1. The van der Waals surface area contributed by atoms with Gasteiger partial charge in [-0.25, -0.2) is 0 Å². The standard InChI is InChI=1S/C8H16Si.Al.H2O.2H/c1-2-6-9-7-4-3-5-8-9;;;;/h2,9H,1,3-8H2;;1H2;;/q;+1;;;/p-1. The highest BCUT2D eigenvalue weighted by atomic mass is 28.3. The van der Waals surface area contributed by atoms with Crippen molar-refractivity contribution in [2.75, 3.05) is 0 Å². The van der Waals surface area contributed by atoms with Gasteiger partial charge in [0.05, 0.1) is 0 Å². The van der Waals surface area contributed by atoms with Crippen molar-refractivity contribution in [2.45, 2.75) is 37.4 Å². The summed E-state index contributed by atoms with van der Waals surface area (Å²) in [5, 5.41) is 0. The first-order valence-electron chi connectivity index (χ1n) is 4.49. The van der Waals surface area contributed by atoms with Crippen LogP contribution >= 0.6 is 0 Å². The van der Waals surface area contributed by atoms with Crippen LogP contribution in [0.15, 0.2) is 12.7 Å². The molecule has 1 rings (SSSR count). The van der Waals surface area contributed by atoms with Crippen LogP contribution in [0, 0.1) is 0 Å². The number of hydrogen-bond donors (Lipinski definition) is 1. The van der Waals surface area contributed by atoms with Crippen LogP contribution in [0.2, 0.25) is 18.1 Å². The highest BCUT2D eigenvalue weighted by Gasteiger charge is 2.12. The third-order valence-electron chi connectivity index (χ3n) is 2.22. The van der Waals surface area contributed by atoms with Gasteiger partial charge in [0.2, 0.25) is 0 Å². The van der Waals surface area contributed by atoms with Crippen LogP contribution < -0.4 is 0 Å². The Morgan fingerprint density at radius 3 is 2.27 bits per heavy atom. The Labute approximate surface area is 79.9 Å². The summed E-state index contributed by atoms with van der Waals surface area (Å²) in [5.74, 6) is 0. The monoisotopic (exact) mass is 186 g/mol. The molecule has 0 aromatic carbocycles. The fourth-order valence-electron chi connectivity index (χ4n) is 1.66. The molecule has 0 amide bonds. The van der Waals surface area contributed by atoms with E-state index in [1.165, 1.54) is 25.3 Å². The molecule has 0 bridgehead atoms. The minimum atomic E-state index is -0.244. The maximum absolute atomic E-state index is 7.14. The van der Waals surface area contributed by atoms with Crippen LogP contribution in [0.1, 0.15) is 19.3 Å². The first-order chi connectivity index (χ1) is 5.43. The van der Waals surface area contributed by atoms with Crippen molar-refractivity contribution in [1.29, 1.82) is 0 Å². The lowest BCUT2D eigenvalue weighted by molar-refractivity contribution is 0.629. The first-order valence-corrected chi connectivity index (χ1v) is 7.83. The predicted octanol–water partition coefficient (Wildman–Crippen LogP) is 1.11. The van der Waals surface area contributed by atoms with E-state index in [1.807, 2.05) is 0 Å². The molecule has 0 aromatic heterocycles. The van der Waals surface area contributed by atoms with E-state index >= 15 is 0 Å². The van der Waals surface area contributed by atoms with Gasteiger partial charge < -0.3 is 4.16 Å².